The summed E-state index contributed by atoms with van der Waals surface area (Å²) in [6.07, 6.45) is 5.00. The van der Waals surface area contributed by atoms with Crippen LogP contribution in [0, 0.1) is 5.82 Å². The molecule has 2 amide bonds. The van der Waals surface area contributed by atoms with Crippen LogP contribution in [0.25, 0.3) is 22.3 Å². The molecule has 7 rings (SSSR count). The summed E-state index contributed by atoms with van der Waals surface area (Å²) in [7, 11) is 0. The van der Waals surface area contributed by atoms with Gasteiger partial charge in [-0.1, -0.05) is 18.2 Å². The predicted molar refractivity (Wildman–Crippen MR) is 169 cm³/mol. The third kappa shape index (κ3) is 6.09. The smallest absolute Gasteiger partial charge is 0.249 e. The number of halogens is 1. The van der Waals surface area contributed by atoms with Crippen molar-refractivity contribution in [2.24, 2.45) is 0 Å². The molecule has 0 bridgehead atoms. The van der Waals surface area contributed by atoms with Crippen LogP contribution >= 0.6 is 0 Å². The number of rotatable bonds is 8. The minimum absolute atomic E-state index is 0.0901. The number of carbonyl (C=O) groups excluding carboxylic acids is 2. The van der Waals surface area contributed by atoms with E-state index in [0.29, 0.717) is 47.0 Å². The summed E-state index contributed by atoms with van der Waals surface area (Å²) >= 11 is 0. The number of para-hydroxylation sites is 1. The Kier molecular flexibility index (Phi) is 7.97. The van der Waals surface area contributed by atoms with E-state index in [9.17, 15) is 14.0 Å². The Morgan fingerprint density at radius 2 is 1.74 bits per heavy atom. The van der Waals surface area contributed by atoms with Gasteiger partial charge in [-0.3, -0.25) is 24.8 Å². The van der Waals surface area contributed by atoms with E-state index < -0.39 is 17.8 Å². The number of pyridine rings is 1. The SMILES string of the molecule is Nc1ncnc2c1c(-c1ccc(Oc3ccccc3)cc1)nn2C1CCN(Cc2cc(F)c(NC3CCC(=O)NC3=O)cn2)CC1. The van der Waals surface area contributed by atoms with Gasteiger partial charge in [0, 0.05) is 31.6 Å². The molecule has 2 fully saturated rings. The lowest BCUT2D eigenvalue weighted by Gasteiger charge is -2.32. The van der Waals surface area contributed by atoms with Gasteiger partial charge in [0.1, 0.15) is 41.2 Å². The van der Waals surface area contributed by atoms with Gasteiger partial charge in [-0.2, -0.15) is 5.10 Å². The number of amides is 2. The second kappa shape index (κ2) is 12.5. The fourth-order valence-corrected chi connectivity index (χ4v) is 5.99. The zero-order valence-corrected chi connectivity index (χ0v) is 24.9. The van der Waals surface area contributed by atoms with Gasteiger partial charge in [-0.05, 0) is 61.7 Å². The molecule has 0 spiro atoms. The van der Waals surface area contributed by atoms with Gasteiger partial charge in [0.2, 0.25) is 11.8 Å². The van der Waals surface area contributed by atoms with Crippen molar-refractivity contribution in [1.82, 2.24) is 34.9 Å². The van der Waals surface area contributed by atoms with E-state index >= 15 is 0 Å². The van der Waals surface area contributed by atoms with E-state index in [0.717, 1.165) is 37.2 Å². The maximum Gasteiger partial charge on any atom is 0.249 e. The Bertz CT molecular complexity index is 1890. The first-order chi connectivity index (χ1) is 22.4. The number of nitrogen functional groups attached to an aromatic ring is 1. The summed E-state index contributed by atoms with van der Waals surface area (Å²) in [5.74, 6) is 0.576. The monoisotopic (exact) mass is 621 g/mol. The average molecular weight is 622 g/mol. The molecule has 2 aliphatic rings. The van der Waals surface area contributed by atoms with Gasteiger partial charge in [0.15, 0.2) is 5.65 Å². The van der Waals surface area contributed by atoms with Gasteiger partial charge in [-0.25, -0.2) is 19.0 Å². The molecule has 5 heterocycles. The molecule has 5 aromatic rings. The highest BCUT2D eigenvalue weighted by molar-refractivity contribution is 6.01. The number of benzene rings is 2. The molecule has 13 heteroatoms. The lowest BCUT2D eigenvalue weighted by atomic mass is 10.0. The highest BCUT2D eigenvalue weighted by Crippen LogP contribution is 2.35. The summed E-state index contributed by atoms with van der Waals surface area (Å²) in [6, 6.07) is 18.1. The van der Waals surface area contributed by atoms with Crippen LogP contribution in [-0.4, -0.2) is 60.6 Å². The number of nitrogens with zero attached hydrogens (tertiary/aromatic N) is 6. The number of imide groups is 1. The van der Waals surface area contributed by atoms with Gasteiger partial charge < -0.3 is 15.8 Å². The standard InChI is InChI=1S/C33H32FN9O3/c34-25-16-21(36-17-27(25)39-26-10-11-28(44)40-33(26)45)18-42-14-12-22(13-15-42)43-32-29(31(35)37-19-38-32)30(41-43)20-6-8-24(9-7-20)46-23-4-2-1-3-5-23/h1-9,16-17,19,22,26,39H,10-15,18H2,(H2,35,37,38)(H,40,44,45). The van der Waals surface area contributed by atoms with E-state index in [-0.39, 0.29) is 24.1 Å². The van der Waals surface area contributed by atoms with Crippen molar-refractivity contribution in [3.8, 4) is 22.8 Å². The lowest BCUT2D eigenvalue weighted by molar-refractivity contribution is -0.133. The predicted octanol–water partition coefficient (Wildman–Crippen LogP) is 4.46. The van der Waals surface area contributed by atoms with Gasteiger partial charge in [0.25, 0.3) is 0 Å². The van der Waals surface area contributed by atoms with Crippen molar-refractivity contribution in [2.75, 3.05) is 24.1 Å². The molecule has 0 aliphatic carbocycles. The van der Waals surface area contributed by atoms with Crippen LogP contribution in [0.1, 0.15) is 37.4 Å². The number of hydrogen-bond donors (Lipinski definition) is 3. The number of piperidine rings is 2. The number of nitrogens with two attached hydrogens (primary N) is 1. The van der Waals surface area contributed by atoms with E-state index in [1.165, 1.54) is 18.6 Å². The fourth-order valence-electron chi connectivity index (χ4n) is 5.99. The first-order valence-electron chi connectivity index (χ1n) is 15.2. The van der Waals surface area contributed by atoms with Gasteiger partial charge >= 0.3 is 0 Å². The number of likely N-dealkylation sites (tertiary alicyclic amines) is 1. The first kappa shape index (κ1) is 29.3. The van der Waals surface area contributed by atoms with Crippen molar-refractivity contribution in [2.45, 2.75) is 44.3 Å². The molecule has 4 N–H and O–H groups in total. The Morgan fingerprint density at radius 1 is 0.978 bits per heavy atom. The van der Waals surface area contributed by atoms with Gasteiger partial charge in [-0.15, -0.1) is 0 Å². The summed E-state index contributed by atoms with van der Waals surface area (Å²) in [6.45, 7) is 2.00. The lowest BCUT2D eigenvalue weighted by Crippen LogP contribution is -2.47. The topological polar surface area (TPSA) is 153 Å². The normalized spacial score (nSPS) is 17.6. The summed E-state index contributed by atoms with van der Waals surface area (Å²) < 4.78 is 22.8. The Morgan fingerprint density at radius 3 is 2.48 bits per heavy atom. The fraction of sp³-hybridized carbons (Fsp3) is 0.273. The average Bonchev–Trinajstić information content (AvgIpc) is 3.46. The quantitative estimate of drug-likeness (QED) is 0.212. The molecule has 2 saturated heterocycles. The van der Waals surface area contributed by atoms with Gasteiger partial charge in [0.05, 0.1) is 29.0 Å². The van der Waals surface area contributed by atoms with Crippen LogP contribution in [0.15, 0.2) is 73.2 Å². The summed E-state index contributed by atoms with van der Waals surface area (Å²) in [5.41, 5.74) is 9.37. The second-order valence-corrected chi connectivity index (χ2v) is 11.5. The van der Waals surface area contributed by atoms with Crippen LogP contribution in [0.4, 0.5) is 15.9 Å². The van der Waals surface area contributed by atoms with Crippen molar-refractivity contribution < 1.29 is 18.7 Å². The molecule has 1 atom stereocenters. The first-order valence-corrected chi connectivity index (χ1v) is 15.2. The van der Waals surface area contributed by atoms with E-state index in [2.05, 4.69) is 30.5 Å². The Labute approximate surface area is 263 Å². The number of aromatic nitrogens is 5. The van der Waals surface area contributed by atoms with Crippen LogP contribution in [-0.2, 0) is 16.1 Å². The number of ether oxygens (including phenoxy) is 1. The molecule has 2 aliphatic heterocycles. The molecule has 12 nitrogen and oxygen atoms in total. The highest BCUT2D eigenvalue weighted by Gasteiger charge is 2.28. The van der Waals surface area contributed by atoms with Crippen LogP contribution in [0.3, 0.4) is 0 Å². The molecule has 0 radical (unpaired) electrons. The number of fused-ring (bicyclic) bond motifs is 1. The Hall–Kier alpha value is -5.43. The van der Waals surface area contributed by atoms with Crippen molar-refractivity contribution >= 4 is 34.4 Å². The number of carbonyl (C=O) groups is 2. The van der Waals surface area contributed by atoms with Crippen LogP contribution < -0.4 is 21.1 Å². The number of nitrogens with one attached hydrogen (secondary N) is 2. The molecule has 2 aromatic carbocycles. The van der Waals surface area contributed by atoms with E-state index in [1.54, 1.807) is 0 Å². The maximum absolute atomic E-state index is 14.9. The van der Waals surface area contributed by atoms with Crippen LogP contribution in [0.2, 0.25) is 0 Å². The van der Waals surface area contributed by atoms with Crippen molar-refractivity contribution in [1.29, 1.82) is 0 Å². The molecule has 0 saturated carbocycles. The molecule has 234 valence electrons. The molecule has 3 aromatic heterocycles. The molecule has 1 unspecified atom stereocenters. The second-order valence-electron chi connectivity index (χ2n) is 11.5. The van der Waals surface area contributed by atoms with Crippen LogP contribution in [0.5, 0.6) is 11.5 Å². The summed E-state index contributed by atoms with van der Waals surface area (Å²) in [5, 5.41) is 10.9. The number of anilines is 2. The third-order valence-corrected chi connectivity index (χ3v) is 8.39. The minimum Gasteiger partial charge on any atom is -0.457 e. The largest absolute Gasteiger partial charge is 0.457 e. The third-order valence-electron chi connectivity index (χ3n) is 8.39. The zero-order valence-electron chi connectivity index (χ0n) is 24.9. The van der Waals surface area contributed by atoms with Crippen molar-refractivity contribution in [3.63, 3.8) is 0 Å². The highest BCUT2D eigenvalue weighted by atomic mass is 19.1. The van der Waals surface area contributed by atoms with Crippen molar-refractivity contribution in [3.05, 3.63) is 84.7 Å². The summed E-state index contributed by atoms with van der Waals surface area (Å²) in [4.78, 5) is 38.9. The maximum atomic E-state index is 14.9. The van der Waals surface area contributed by atoms with E-state index in [4.69, 9.17) is 15.6 Å². The number of hydrogen-bond acceptors (Lipinski definition) is 10. The molecular weight excluding hydrogens is 589 g/mol. The zero-order chi connectivity index (χ0) is 31.6. The molecular formula is C33H32FN9O3. The minimum atomic E-state index is -0.675. The van der Waals surface area contributed by atoms with E-state index in [1.807, 2.05) is 59.3 Å². The molecule has 46 heavy (non-hydrogen) atoms. The Balaban J connectivity index is 1.02.